The average Bonchev–Trinajstić information content (AvgIpc) is 2.44. The van der Waals surface area contributed by atoms with Gasteiger partial charge in [-0.2, -0.15) is 0 Å². The van der Waals surface area contributed by atoms with Gasteiger partial charge in [-0.1, -0.05) is 26.0 Å². The van der Waals surface area contributed by atoms with E-state index < -0.39 is 0 Å². The van der Waals surface area contributed by atoms with Crippen LogP contribution in [0.15, 0.2) is 24.3 Å². The van der Waals surface area contributed by atoms with E-state index in [0.29, 0.717) is 12.5 Å². The molecule has 1 amide bonds. The summed E-state index contributed by atoms with van der Waals surface area (Å²) in [5.74, 6) is 1.34. The summed E-state index contributed by atoms with van der Waals surface area (Å²) < 4.78 is 5.14. The number of hydrogen-bond acceptors (Lipinski definition) is 3. The fourth-order valence-corrected chi connectivity index (χ4v) is 1.90. The molecule has 112 valence electrons. The van der Waals surface area contributed by atoms with Crippen LogP contribution >= 0.6 is 0 Å². The van der Waals surface area contributed by atoms with Crippen LogP contribution in [0.3, 0.4) is 0 Å². The van der Waals surface area contributed by atoms with Crippen LogP contribution in [-0.4, -0.2) is 25.6 Å². The highest BCUT2D eigenvalue weighted by molar-refractivity contribution is 5.81. The van der Waals surface area contributed by atoms with Gasteiger partial charge in [0.05, 0.1) is 13.2 Å². The topological polar surface area (TPSA) is 50.4 Å². The van der Waals surface area contributed by atoms with E-state index in [-0.39, 0.29) is 18.0 Å². The van der Waals surface area contributed by atoms with Crippen LogP contribution < -0.4 is 15.4 Å². The lowest BCUT2D eigenvalue weighted by Crippen LogP contribution is -2.44. The van der Waals surface area contributed by atoms with Crippen LogP contribution in [0.25, 0.3) is 0 Å². The second-order valence-electron chi connectivity index (χ2n) is 5.52. The summed E-state index contributed by atoms with van der Waals surface area (Å²) in [6.07, 6.45) is 0. The summed E-state index contributed by atoms with van der Waals surface area (Å²) in [7, 11) is 1.65. The molecule has 0 spiro atoms. The summed E-state index contributed by atoms with van der Waals surface area (Å²) in [5, 5.41) is 6.24. The maximum atomic E-state index is 11.9. The molecule has 0 saturated carbocycles. The van der Waals surface area contributed by atoms with E-state index in [0.717, 1.165) is 11.3 Å². The van der Waals surface area contributed by atoms with Crippen molar-refractivity contribution in [3.05, 3.63) is 29.8 Å². The fourth-order valence-electron chi connectivity index (χ4n) is 1.90. The molecule has 1 unspecified atom stereocenters. The standard InChI is InChI=1S/C16H26N2O2/c1-11(2)10-17-16(19)13(4)18-12(3)14-6-8-15(20-5)9-7-14/h6-9,11-13,18H,10H2,1-5H3,(H,17,19)/t12-,13?/m1/s1. The van der Waals surface area contributed by atoms with Gasteiger partial charge < -0.3 is 10.1 Å². The van der Waals surface area contributed by atoms with Gasteiger partial charge in [-0.25, -0.2) is 0 Å². The Bertz CT molecular complexity index is 415. The Labute approximate surface area is 121 Å². The van der Waals surface area contributed by atoms with Gasteiger partial charge in [0.1, 0.15) is 5.75 Å². The predicted octanol–water partition coefficient (Wildman–Crippen LogP) is 2.51. The summed E-state index contributed by atoms with van der Waals surface area (Å²) >= 11 is 0. The van der Waals surface area contributed by atoms with Crippen LogP contribution in [0.1, 0.15) is 39.3 Å². The van der Waals surface area contributed by atoms with Gasteiger partial charge in [0, 0.05) is 12.6 Å². The first-order valence-corrected chi connectivity index (χ1v) is 7.11. The number of amides is 1. The maximum Gasteiger partial charge on any atom is 0.236 e. The van der Waals surface area contributed by atoms with Crippen molar-refractivity contribution >= 4 is 5.91 Å². The first-order chi connectivity index (χ1) is 9.43. The zero-order valence-corrected chi connectivity index (χ0v) is 13.1. The SMILES string of the molecule is COc1ccc([C@@H](C)NC(C)C(=O)NCC(C)C)cc1. The van der Waals surface area contributed by atoms with Gasteiger partial charge in [-0.05, 0) is 37.5 Å². The van der Waals surface area contributed by atoms with Crippen molar-refractivity contribution in [2.45, 2.75) is 39.8 Å². The Morgan fingerprint density at radius 3 is 2.25 bits per heavy atom. The minimum atomic E-state index is -0.217. The Balaban J connectivity index is 2.51. The lowest BCUT2D eigenvalue weighted by Gasteiger charge is -2.20. The van der Waals surface area contributed by atoms with Crippen LogP contribution in [-0.2, 0) is 4.79 Å². The van der Waals surface area contributed by atoms with Crippen LogP contribution in [0, 0.1) is 5.92 Å². The Hall–Kier alpha value is -1.55. The molecule has 1 rings (SSSR count). The minimum Gasteiger partial charge on any atom is -0.497 e. The van der Waals surface area contributed by atoms with Gasteiger partial charge in [0.2, 0.25) is 5.91 Å². The number of nitrogens with one attached hydrogen (secondary N) is 2. The number of rotatable bonds is 7. The van der Waals surface area contributed by atoms with Crippen molar-refractivity contribution in [3.63, 3.8) is 0 Å². The third kappa shape index (κ3) is 5.21. The number of ether oxygens (including phenoxy) is 1. The lowest BCUT2D eigenvalue weighted by atomic mass is 10.1. The van der Waals surface area contributed by atoms with Crippen LogP contribution in [0.5, 0.6) is 5.75 Å². The molecular weight excluding hydrogens is 252 g/mol. The summed E-state index contributed by atoms with van der Waals surface area (Å²) in [6, 6.07) is 7.77. The molecule has 0 aliphatic rings. The highest BCUT2D eigenvalue weighted by atomic mass is 16.5. The molecule has 0 aromatic heterocycles. The van der Waals surface area contributed by atoms with Gasteiger partial charge in [-0.15, -0.1) is 0 Å². The predicted molar refractivity (Wildman–Crippen MR) is 81.9 cm³/mol. The lowest BCUT2D eigenvalue weighted by molar-refractivity contribution is -0.123. The molecule has 0 bridgehead atoms. The highest BCUT2D eigenvalue weighted by Gasteiger charge is 2.16. The Kier molecular flexibility index (Phi) is 6.52. The average molecular weight is 278 g/mol. The monoisotopic (exact) mass is 278 g/mol. The number of benzene rings is 1. The van der Waals surface area contributed by atoms with E-state index in [1.807, 2.05) is 38.1 Å². The quantitative estimate of drug-likeness (QED) is 0.805. The summed E-state index contributed by atoms with van der Waals surface area (Å²) in [4.78, 5) is 11.9. The third-order valence-corrected chi connectivity index (χ3v) is 3.19. The van der Waals surface area contributed by atoms with Crippen molar-refractivity contribution in [1.82, 2.24) is 10.6 Å². The molecule has 4 nitrogen and oxygen atoms in total. The molecule has 4 heteroatoms. The smallest absolute Gasteiger partial charge is 0.236 e. The zero-order chi connectivity index (χ0) is 15.1. The first kappa shape index (κ1) is 16.5. The number of carbonyl (C=O) groups is 1. The van der Waals surface area contributed by atoms with Crippen molar-refractivity contribution < 1.29 is 9.53 Å². The molecule has 1 aromatic carbocycles. The Morgan fingerprint density at radius 1 is 1.15 bits per heavy atom. The molecule has 0 aliphatic carbocycles. The normalized spacial score (nSPS) is 13.9. The second-order valence-corrected chi connectivity index (χ2v) is 5.52. The van der Waals surface area contributed by atoms with Gasteiger partial charge in [0.15, 0.2) is 0 Å². The van der Waals surface area contributed by atoms with E-state index in [1.165, 1.54) is 0 Å². The highest BCUT2D eigenvalue weighted by Crippen LogP contribution is 2.17. The minimum absolute atomic E-state index is 0.0408. The largest absolute Gasteiger partial charge is 0.497 e. The molecule has 2 N–H and O–H groups in total. The molecule has 0 saturated heterocycles. The molecular formula is C16H26N2O2. The molecule has 20 heavy (non-hydrogen) atoms. The van der Waals surface area contributed by atoms with Crippen molar-refractivity contribution in [1.29, 1.82) is 0 Å². The summed E-state index contributed by atoms with van der Waals surface area (Å²) in [6.45, 7) is 8.81. The number of hydrogen-bond donors (Lipinski definition) is 2. The van der Waals surface area contributed by atoms with E-state index in [4.69, 9.17) is 4.74 Å². The molecule has 0 fully saturated rings. The summed E-state index contributed by atoms with van der Waals surface area (Å²) in [5.41, 5.74) is 1.13. The molecule has 0 radical (unpaired) electrons. The maximum absolute atomic E-state index is 11.9. The van der Waals surface area contributed by atoms with E-state index >= 15 is 0 Å². The number of carbonyl (C=O) groups excluding carboxylic acids is 1. The molecule has 2 atom stereocenters. The number of methoxy groups -OCH3 is 1. The van der Waals surface area contributed by atoms with E-state index in [2.05, 4.69) is 24.5 Å². The van der Waals surface area contributed by atoms with Gasteiger partial charge in [-0.3, -0.25) is 10.1 Å². The Morgan fingerprint density at radius 2 is 1.75 bits per heavy atom. The van der Waals surface area contributed by atoms with Crippen LogP contribution in [0.4, 0.5) is 0 Å². The van der Waals surface area contributed by atoms with Crippen molar-refractivity contribution in [2.24, 2.45) is 5.92 Å². The third-order valence-electron chi connectivity index (χ3n) is 3.19. The molecule has 0 heterocycles. The zero-order valence-electron chi connectivity index (χ0n) is 13.1. The fraction of sp³-hybridized carbons (Fsp3) is 0.562. The van der Waals surface area contributed by atoms with Gasteiger partial charge in [0.25, 0.3) is 0 Å². The second kappa shape index (κ2) is 7.90. The van der Waals surface area contributed by atoms with Crippen molar-refractivity contribution in [3.8, 4) is 5.75 Å². The van der Waals surface area contributed by atoms with Gasteiger partial charge >= 0.3 is 0 Å². The molecule has 0 aliphatic heterocycles. The first-order valence-electron chi connectivity index (χ1n) is 7.11. The van der Waals surface area contributed by atoms with E-state index in [1.54, 1.807) is 7.11 Å². The van der Waals surface area contributed by atoms with E-state index in [9.17, 15) is 4.79 Å². The van der Waals surface area contributed by atoms with Crippen LogP contribution in [0.2, 0.25) is 0 Å². The molecule has 1 aromatic rings. The van der Waals surface area contributed by atoms with Crippen molar-refractivity contribution in [2.75, 3.05) is 13.7 Å².